The predicted octanol–water partition coefficient (Wildman–Crippen LogP) is 0.950. The SMILES string of the molecule is CC(C)C(NCC(F)F)C(=O)O. The average Bonchev–Trinajstić information content (AvgIpc) is 1.84. The van der Waals surface area contributed by atoms with Crippen LogP contribution in [0.4, 0.5) is 8.78 Å². The molecule has 0 bridgehead atoms. The first kappa shape index (κ1) is 11.3. The van der Waals surface area contributed by atoms with E-state index in [1.54, 1.807) is 13.8 Å². The molecule has 2 N–H and O–H groups in total. The van der Waals surface area contributed by atoms with Crippen LogP contribution < -0.4 is 5.32 Å². The maximum Gasteiger partial charge on any atom is 0.320 e. The first-order valence-electron chi connectivity index (χ1n) is 3.69. The van der Waals surface area contributed by atoms with Crippen LogP contribution in [0.25, 0.3) is 0 Å². The molecule has 72 valence electrons. The second-order valence-electron chi connectivity index (χ2n) is 2.86. The van der Waals surface area contributed by atoms with E-state index in [0.29, 0.717) is 0 Å². The summed E-state index contributed by atoms with van der Waals surface area (Å²) in [7, 11) is 0. The molecule has 0 aliphatic heterocycles. The fraction of sp³-hybridized carbons (Fsp3) is 0.857. The summed E-state index contributed by atoms with van der Waals surface area (Å²) < 4.78 is 23.3. The van der Waals surface area contributed by atoms with E-state index in [0.717, 1.165) is 0 Å². The summed E-state index contributed by atoms with van der Waals surface area (Å²) in [4.78, 5) is 10.4. The Morgan fingerprint density at radius 3 is 2.25 bits per heavy atom. The van der Waals surface area contributed by atoms with Gasteiger partial charge in [-0.05, 0) is 5.92 Å². The molecule has 0 aliphatic rings. The van der Waals surface area contributed by atoms with Gasteiger partial charge in [-0.25, -0.2) is 8.78 Å². The molecule has 0 radical (unpaired) electrons. The minimum Gasteiger partial charge on any atom is -0.480 e. The Morgan fingerprint density at radius 2 is 2.00 bits per heavy atom. The van der Waals surface area contributed by atoms with Gasteiger partial charge in [0.2, 0.25) is 0 Å². The molecule has 1 unspecified atom stereocenters. The van der Waals surface area contributed by atoms with Crippen molar-refractivity contribution in [3.63, 3.8) is 0 Å². The van der Waals surface area contributed by atoms with E-state index in [4.69, 9.17) is 5.11 Å². The third-order valence-electron chi connectivity index (χ3n) is 1.42. The van der Waals surface area contributed by atoms with Crippen molar-refractivity contribution in [2.24, 2.45) is 5.92 Å². The highest BCUT2D eigenvalue weighted by molar-refractivity contribution is 5.73. The quantitative estimate of drug-likeness (QED) is 0.663. The van der Waals surface area contributed by atoms with Crippen molar-refractivity contribution in [2.75, 3.05) is 6.54 Å². The van der Waals surface area contributed by atoms with Gasteiger partial charge in [0.05, 0.1) is 6.54 Å². The largest absolute Gasteiger partial charge is 0.480 e. The van der Waals surface area contributed by atoms with Crippen LogP contribution >= 0.6 is 0 Å². The molecule has 0 aromatic carbocycles. The molecule has 12 heavy (non-hydrogen) atoms. The van der Waals surface area contributed by atoms with Gasteiger partial charge >= 0.3 is 5.97 Å². The van der Waals surface area contributed by atoms with Gasteiger partial charge in [-0.1, -0.05) is 13.8 Å². The number of halogens is 2. The minimum atomic E-state index is -2.51. The summed E-state index contributed by atoms with van der Waals surface area (Å²) in [5.74, 6) is -1.29. The van der Waals surface area contributed by atoms with Crippen molar-refractivity contribution in [1.82, 2.24) is 5.32 Å². The van der Waals surface area contributed by atoms with Crippen LogP contribution in [0.3, 0.4) is 0 Å². The molecule has 0 saturated heterocycles. The predicted molar refractivity (Wildman–Crippen MR) is 40.3 cm³/mol. The summed E-state index contributed by atoms with van der Waals surface area (Å²) in [5.41, 5.74) is 0. The highest BCUT2D eigenvalue weighted by Gasteiger charge is 2.21. The first-order valence-corrected chi connectivity index (χ1v) is 3.69. The van der Waals surface area contributed by atoms with Crippen LogP contribution in [-0.4, -0.2) is 30.1 Å². The maximum absolute atomic E-state index is 11.7. The molecular formula is C7H13F2NO2. The van der Waals surface area contributed by atoms with Gasteiger partial charge in [-0.2, -0.15) is 0 Å². The Bertz CT molecular complexity index is 150. The van der Waals surface area contributed by atoms with Crippen LogP contribution in [0.2, 0.25) is 0 Å². The zero-order chi connectivity index (χ0) is 9.72. The summed E-state index contributed by atoms with van der Waals surface area (Å²) in [6.45, 7) is 2.75. The summed E-state index contributed by atoms with van der Waals surface area (Å²) in [6.07, 6.45) is -2.51. The van der Waals surface area contributed by atoms with Crippen molar-refractivity contribution in [1.29, 1.82) is 0 Å². The van der Waals surface area contributed by atoms with Crippen LogP contribution in [0.5, 0.6) is 0 Å². The van der Waals surface area contributed by atoms with Crippen molar-refractivity contribution < 1.29 is 18.7 Å². The molecule has 0 rings (SSSR count). The Morgan fingerprint density at radius 1 is 1.50 bits per heavy atom. The molecule has 0 aromatic rings. The lowest BCUT2D eigenvalue weighted by molar-refractivity contribution is -0.140. The molecule has 0 amide bonds. The number of hydrogen-bond donors (Lipinski definition) is 2. The van der Waals surface area contributed by atoms with E-state index in [-0.39, 0.29) is 5.92 Å². The minimum absolute atomic E-state index is 0.193. The molecular weight excluding hydrogens is 168 g/mol. The van der Waals surface area contributed by atoms with Gasteiger partial charge < -0.3 is 5.11 Å². The highest BCUT2D eigenvalue weighted by Crippen LogP contribution is 2.02. The summed E-state index contributed by atoms with van der Waals surface area (Å²) >= 11 is 0. The standard InChI is InChI=1S/C7H13F2NO2/c1-4(2)6(7(11)12)10-3-5(8)9/h4-6,10H,3H2,1-2H3,(H,11,12). The van der Waals surface area contributed by atoms with E-state index in [9.17, 15) is 13.6 Å². The average molecular weight is 181 g/mol. The maximum atomic E-state index is 11.7. The van der Waals surface area contributed by atoms with Gasteiger partial charge in [0.1, 0.15) is 6.04 Å². The Labute approximate surface area is 69.8 Å². The number of rotatable bonds is 5. The molecule has 0 aliphatic carbocycles. The normalized spacial score (nSPS) is 13.8. The number of carbonyl (C=O) groups is 1. The van der Waals surface area contributed by atoms with Crippen LogP contribution in [0.15, 0.2) is 0 Å². The number of carboxylic acids is 1. The monoisotopic (exact) mass is 181 g/mol. The van der Waals surface area contributed by atoms with E-state index >= 15 is 0 Å². The number of hydrogen-bond acceptors (Lipinski definition) is 2. The first-order chi connectivity index (χ1) is 5.45. The van der Waals surface area contributed by atoms with Crippen LogP contribution in [0.1, 0.15) is 13.8 Å². The second-order valence-corrected chi connectivity index (χ2v) is 2.86. The van der Waals surface area contributed by atoms with Crippen LogP contribution in [-0.2, 0) is 4.79 Å². The van der Waals surface area contributed by atoms with Crippen molar-refractivity contribution in [2.45, 2.75) is 26.3 Å². The van der Waals surface area contributed by atoms with Crippen LogP contribution in [0, 0.1) is 5.92 Å². The van der Waals surface area contributed by atoms with Crippen molar-refractivity contribution in [3.05, 3.63) is 0 Å². The van der Waals surface area contributed by atoms with Gasteiger partial charge in [0.25, 0.3) is 6.43 Å². The third-order valence-corrected chi connectivity index (χ3v) is 1.42. The third kappa shape index (κ3) is 4.23. The van der Waals surface area contributed by atoms with E-state index in [1.165, 1.54) is 0 Å². The number of carboxylic acid groups (broad SMARTS) is 1. The van der Waals surface area contributed by atoms with Crippen molar-refractivity contribution in [3.8, 4) is 0 Å². The molecule has 3 nitrogen and oxygen atoms in total. The van der Waals surface area contributed by atoms with E-state index in [2.05, 4.69) is 5.32 Å². The molecule has 0 saturated carbocycles. The summed E-state index contributed by atoms with van der Waals surface area (Å²) in [5, 5.41) is 10.8. The van der Waals surface area contributed by atoms with E-state index in [1.807, 2.05) is 0 Å². The second kappa shape index (κ2) is 5.03. The number of aliphatic carboxylic acids is 1. The number of nitrogens with one attached hydrogen (secondary N) is 1. The summed E-state index contributed by atoms with van der Waals surface area (Å²) in [6, 6.07) is -0.890. The molecule has 0 fully saturated rings. The highest BCUT2D eigenvalue weighted by atomic mass is 19.3. The van der Waals surface area contributed by atoms with Gasteiger partial charge in [-0.15, -0.1) is 0 Å². The lowest BCUT2D eigenvalue weighted by Crippen LogP contribution is -2.42. The zero-order valence-corrected chi connectivity index (χ0v) is 7.05. The lowest BCUT2D eigenvalue weighted by atomic mass is 10.1. The van der Waals surface area contributed by atoms with Crippen molar-refractivity contribution >= 4 is 5.97 Å². The lowest BCUT2D eigenvalue weighted by Gasteiger charge is -2.17. The van der Waals surface area contributed by atoms with Gasteiger partial charge in [-0.3, -0.25) is 10.1 Å². The molecule has 5 heteroatoms. The number of alkyl halides is 2. The van der Waals surface area contributed by atoms with E-state index < -0.39 is 25.0 Å². The molecule has 0 spiro atoms. The van der Waals surface area contributed by atoms with Gasteiger partial charge in [0, 0.05) is 0 Å². The Hall–Kier alpha value is -0.710. The molecule has 1 atom stereocenters. The zero-order valence-electron chi connectivity index (χ0n) is 7.05. The topological polar surface area (TPSA) is 49.3 Å². The fourth-order valence-corrected chi connectivity index (χ4v) is 0.824. The molecule has 0 aromatic heterocycles. The molecule has 0 heterocycles. The Kier molecular flexibility index (Phi) is 4.73. The van der Waals surface area contributed by atoms with Gasteiger partial charge in [0.15, 0.2) is 0 Å². The fourth-order valence-electron chi connectivity index (χ4n) is 0.824. The smallest absolute Gasteiger partial charge is 0.320 e. The Balaban J connectivity index is 3.88.